The van der Waals surface area contributed by atoms with Crippen LogP contribution in [0.3, 0.4) is 0 Å². The van der Waals surface area contributed by atoms with Gasteiger partial charge < -0.3 is 17.8 Å². The molecule has 0 spiro atoms. The summed E-state index contributed by atoms with van der Waals surface area (Å²) in [6.45, 7) is 101. The molecule has 15 rings (SSSR count). The smallest absolute Gasteiger partial charge is 0.228 e. The van der Waals surface area contributed by atoms with Gasteiger partial charge in [0.2, 0.25) is 5.82 Å². The first-order valence-electron chi connectivity index (χ1n) is 45.9. The first-order valence-corrected chi connectivity index (χ1v) is 45.9. The monoisotopic (exact) mass is 2110 g/mol. The van der Waals surface area contributed by atoms with Crippen LogP contribution in [0.5, 0.6) is 0 Å². The number of rotatable bonds is 10. The molecule has 9 aromatic heterocycles. The van der Waals surface area contributed by atoms with Crippen molar-refractivity contribution in [1.29, 1.82) is 0 Å². The van der Waals surface area contributed by atoms with Crippen molar-refractivity contribution in [3.8, 4) is 0 Å². The average Bonchev–Trinajstić information content (AvgIpc) is 1.60. The molecule has 0 unspecified atom stereocenters. The molecule has 0 atom stereocenters. The van der Waals surface area contributed by atoms with E-state index in [9.17, 15) is 0 Å². The Bertz CT molecular complexity index is 6220. The van der Waals surface area contributed by atoms with Crippen LogP contribution in [0.1, 0.15) is 307 Å². The van der Waals surface area contributed by atoms with Crippen LogP contribution in [0, 0.1) is 356 Å². The summed E-state index contributed by atoms with van der Waals surface area (Å²) < 4.78 is 11.7. The number of aromatic amines is 1. The Balaban J connectivity index is 0.000000343. The van der Waals surface area contributed by atoms with E-state index in [1.54, 1.807) is 0 Å². The molecule has 0 fully saturated rings. The maximum Gasteiger partial charge on any atom is 0.228 e. The minimum atomic E-state index is 0. The Kier molecular flexibility index (Phi) is 41.9. The van der Waals surface area contributed by atoms with Crippen LogP contribution in [-0.2, 0) is 165 Å². The predicted molar refractivity (Wildman–Crippen MR) is 545 cm³/mol. The minimum Gasteiger partial charge on any atom is -0.398 e. The summed E-state index contributed by atoms with van der Waals surface area (Å²) in [5, 5.41) is 1.41. The molecule has 133 heavy (non-hydrogen) atoms. The summed E-state index contributed by atoms with van der Waals surface area (Å²) in [4.78, 5) is 3.51. The van der Waals surface area contributed by atoms with Gasteiger partial charge in [-0.2, -0.15) is 22.8 Å². The normalized spacial score (nSPS) is 10.8. The molecule has 0 saturated heterocycles. The van der Waals surface area contributed by atoms with Crippen molar-refractivity contribution in [3.05, 3.63) is 388 Å². The Hall–Kier alpha value is -5.69. The van der Waals surface area contributed by atoms with E-state index in [1.807, 2.05) is 0 Å². The second kappa shape index (κ2) is 46.6. The van der Waals surface area contributed by atoms with Crippen LogP contribution in [0.4, 0.5) is 0 Å². The van der Waals surface area contributed by atoms with Gasteiger partial charge in [-0.05, 0) is 261 Å². The van der Waals surface area contributed by atoms with E-state index >= 15 is 0 Å². The summed E-state index contributed by atoms with van der Waals surface area (Å²) in [5.41, 5.74) is 80.7. The number of imidazole rings is 1. The fraction of sp³-hybridized carbons (Fsp3) is 0.383. The number of pyridine rings is 4. The summed E-state index contributed by atoms with van der Waals surface area (Å²) in [7, 11) is 2.17. The average molecular weight is 2110 g/mol. The summed E-state index contributed by atoms with van der Waals surface area (Å²) in [6, 6.07) is 11.4. The summed E-state index contributed by atoms with van der Waals surface area (Å²) in [6.07, 6.45) is 20.5. The van der Waals surface area contributed by atoms with Crippen LogP contribution in [0.25, 0.3) is 33.0 Å². The van der Waals surface area contributed by atoms with Gasteiger partial charge in [0, 0.05) is 199 Å². The van der Waals surface area contributed by atoms with Crippen LogP contribution in [0.2, 0.25) is 0 Å². The molecular formula is C120H150N6V5Y2-6. The third-order valence-corrected chi connectivity index (χ3v) is 33.4. The molecule has 6 nitrogen and oxygen atoms in total. The molecular weight excluding hydrogens is 1960 g/mol. The van der Waals surface area contributed by atoms with E-state index < -0.39 is 0 Å². The summed E-state index contributed by atoms with van der Waals surface area (Å²) >= 11 is 0. The topological polar surface area (TPSA) is 38.1 Å². The van der Waals surface area contributed by atoms with Crippen LogP contribution >= 0.6 is 0 Å². The number of nitrogens with zero attached hydrogens (tertiary/aromatic N) is 5. The first kappa shape index (κ1) is 120. The zero-order valence-electron chi connectivity index (χ0n) is 90.0. The number of H-pyrrole nitrogens is 1. The zero-order chi connectivity index (χ0) is 94.0. The molecule has 0 saturated carbocycles. The van der Waals surface area contributed by atoms with Crippen LogP contribution in [-0.4, -0.2) is 22.8 Å². The molecule has 0 aliphatic carbocycles. The molecule has 13 heteroatoms. The van der Waals surface area contributed by atoms with Gasteiger partial charge in [-0.25, -0.2) is 45.6 Å². The van der Waals surface area contributed by atoms with Gasteiger partial charge in [0.1, 0.15) is 11.9 Å². The van der Waals surface area contributed by atoms with Crippen molar-refractivity contribution in [2.24, 2.45) is 7.05 Å². The number of hydrogen-bond acceptors (Lipinski definition) is 0. The molecule has 697 valence electrons. The second-order valence-electron chi connectivity index (χ2n) is 38.4. The van der Waals surface area contributed by atoms with E-state index in [0.717, 1.165) is 11.5 Å². The van der Waals surface area contributed by atoms with Crippen molar-refractivity contribution < 1.29 is 163 Å². The van der Waals surface area contributed by atoms with E-state index in [1.165, 1.54) is 328 Å². The van der Waals surface area contributed by atoms with Gasteiger partial charge in [0.05, 0.1) is 0 Å². The standard InChI is InChI=1S/C25H32N.C24H30N.2C24H29N.C23H29N2.5V.2Y/c1-13-14(2)18(6)23(19(7)15(13)3)11-22-12-26(10)25-21(9)17(5)16(4)20(8)24(22)25;2*1-13-14(2)18(6)23(19(7)15(13)3)12-22-10-11-25-21(9)17(5)16(4)20(8)24(22)25;1-13-14(2)18(6)23(19(7)15(13)3)12-22-10-11-24-20(8)16(4)17(5)21(9)25(22)24;1-12-13(2)17(6)21(18(7)14(12)3)10-23-24-11-22-19(8)15(4)16(5)20(9)25(22)23;;;;;;;/h11-12H,1-10H3;10-12H,1-9H3;2*11-12H,1-9H3;10-11H,1-9H3;;;;;;;/q2*-1;2*-2;-1;;;;;;;/p+1. The van der Waals surface area contributed by atoms with E-state index in [2.05, 4.69) is 427 Å². The van der Waals surface area contributed by atoms with E-state index in [4.69, 9.17) is 0 Å². The Morgan fingerprint density at radius 1 is 0.278 bits per heavy atom. The molecule has 0 aliphatic heterocycles. The first-order chi connectivity index (χ1) is 58.7. The van der Waals surface area contributed by atoms with E-state index in [0.29, 0.717) is 0 Å². The largest absolute Gasteiger partial charge is 0.398 e. The number of aromatic nitrogens is 6. The number of benzene rings is 6. The van der Waals surface area contributed by atoms with Crippen molar-refractivity contribution >= 4 is 33.0 Å². The van der Waals surface area contributed by atoms with Gasteiger partial charge in [0.25, 0.3) is 0 Å². The van der Waals surface area contributed by atoms with Crippen molar-refractivity contribution in [1.82, 2.24) is 22.8 Å². The number of fused-ring (bicyclic) bond motifs is 5. The van der Waals surface area contributed by atoms with Gasteiger partial charge in [0.15, 0.2) is 5.52 Å². The Labute approximate surface area is 914 Å². The SMILES string of the molecule is Cc1c(C)c(C)c([CH-]c2[c-]cc3c(C)c(C)c(C)c(C)n23)c(C)c1C.Cc1c(C)c(C)c([CH-]c2[c-]cn3c(C)c(C)c(C)c(C)c23)c(C)c1C.Cc1c(C)c(C)c([CH-]c2[nH]cc3c(C)c(C)c(C)c(C)[n+]23)c(C)c1C.Cc1c(C)c(C)c([CH-]c2ccn3c(C)c(C)c(C)c(C)c23)c(C)c1C.Cc1c(C)c(C)c([CH-]c2cn(C)c3c(C)c(C)c(C)c(C)c23)c(C)c1C.[V].[V].[V].[V].[V].[Y].[Y]. The summed E-state index contributed by atoms with van der Waals surface area (Å²) in [5.74, 6) is 1.15. The van der Waals surface area contributed by atoms with Gasteiger partial charge >= 0.3 is 0 Å². The minimum absolute atomic E-state index is 0. The predicted octanol–water partition coefficient (Wildman–Crippen LogP) is 30.2. The molecule has 7 radical (unpaired) electrons. The Morgan fingerprint density at radius 3 is 1.00 bits per heavy atom. The van der Waals surface area contributed by atoms with Gasteiger partial charge in [-0.1, -0.05) is 223 Å². The maximum atomic E-state index is 3.51. The van der Waals surface area contributed by atoms with Crippen molar-refractivity contribution in [2.45, 2.75) is 312 Å². The van der Waals surface area contributed by atoms with Crippen molar-refractivity contribution in [2.75, 3.05) is 0 Å². The van der Waals surface area contributed by atoms with Gasteiger partial charge in [-0.3, -0.25) is 10.5 Å². The number of hydrogen-bond donors (Lipinski definition) is 1. The van der Waals surface area contributed by atoms with Crippen LogP contribution < -0.4 is 4.40 Å². The number of aryl methyl sites for hydroxylation is 11. The molecule has 0 bridgehead atoms. The van der Waals surface area contributed by atoms with Gasteiger partial charge in [-0.15, -0.1) is 122 Å². The molecule has 15 aromatic rings. The third-order valence-electron chi connectivity index (χ3n) is 33.4. The number of nitrogens with one attached hydrogen (secondary N) is 1. The molecule has 6 aromatic carbocycles. The quantitative estimate of drug-likeness (QED) is 0.105. The fourth-order valence-electron chi connectivity index (χ4n) is 20.3. The van der Waals surface area contributed by atoms with Crippen LogP contribution in [0.15, 0.2) is 36.9 Å². The molecule has 0 amide bonds. The van der Waals surface area contributed by atoms with E-state index in [-0.39, 0.29) is 158 Å². The molecule has 9 heterocycles. The molecule has 1 N–H and O–H groups in total. The fourth-order valence-corrected chi connectivity index (χ4v) is 20.3. The van der Waals surface area contributed by atoms with Crippen molar-refractivity contribution in [3.63, 3.8) is 0 Å². The Morgan fingerprint density at radius 2 is 0.586 bits per heavy atom. The zero-order valence-corrected chi connectivity index (χ0v) is 103. The maximum absolute atomic E-state index is 3.51. The third kappa shape index (κ3) is 21.4. The second-order valence-corrected chi connectivity index (χ2v) is 38.4. The molecule has 0 aliphatic rings.